The molecule has 0 aromatic carbocycles. The summed E-state index contributed by atoms with van der Waals surface area (Å²) in [6, 6.07) is 0. The quantitative estimate of drug-likeness (QED) is 0.753. The van der Waals surface area contributed by atoms with Crippen molar-refractivity contribution < 1.29 is 0 Å². The molecule has 0 unspecified atom stereocenters. The van der Waals surface area contributed by atoms with Crippen molar-refractivity contribution in [2.75, 3.05) is 0 Å². The standard InChI is InChI=1S/C15H21N/c1-2-3-9-14-12-7-4-6-11(12)13-8-5-10-15(13)16-14/h2-10H2,1H3. The molecule has 0 bridgehead atoms. The maximum absolute atomic E-state index is 4.96. The van der Waals surface area contributed by atoms with Gasteiger partial charge in [0, 0.05) is 11.4 Å². The van der Waals surface area contributed by atoms with E-state index in [1.54, 1.807) is 16.7 Å². The van der Waals surface area contributed by atoms with Crippen LogP contribution in [0.4, 0.5) is 0 Å². The monoisotopic (exact) mass is 215 g/mol. The Kier molecular flexibility index (Phi) is 2.70. The molecule has 86 valence electrons. The van der Waals surface area contributed by atoms with E-state index in [-0.39, 0.29) is 0 Å². The highest BCUT2D eigenvalue weighted by Crippen LogP contribution is 2.34. The van der Waals surface area contributed by atoms with Gasteiger partial charge >= 0.3 is 0 Å². The van der Waals surface area contributed by atoms with E-state index in [4.69, 9.17) is 4.98 Å². The van der Waals surface area contributed by atoms with Crippen molar-refractivity contribution in [3.63, 3.8) is 0 Å². The van der Waals surface area contributed by atoms with Gasteiger partial charge < -0.3 is 0 Å². The molecule has 2 aliphatic carbocycles. The SMILES string of the molecule is CCCCc1nc2c(c3c1CCC3)CCC2. The largest absolute Gasteiger partial charge is 0.257 e. The second kappa shape index (κ2) is 4.20. The van der Waals surface area contributed by atoms with E-state index in [2.05, 4.69) is 6.92 Å². The Morgan fingerprint density at radius 1 is 0.938 bits per heavy atom. The van der Waals surface area contributed by atoms with Crippen molar-refractivity contribution in [3.8, 4) is 0 Å². The zero-order valence-corrected chi connectivity index (χ0v) is 10.3. The zero-order valence-electron chi connectivity index (χ0n) is 10.3. The fourth-order valence-electron chi connectivity index (χ4n) is 3.35. The first kappa shape index (κ1) is 10.3. The van der Waals surface area contributed by atoms with Gasteiger partial charge in [0.25, 0.3) is 0 Å². The summed E-state index contributed by atoms with van der Waals surface area (Å²) >= 11 is 0. The summed E-state index contributed by atoms with van der Waals surface area (Å²) in [4.78, 5) is 4.96. The van der Waals surface area contributed by atoms with Gasteiger partial charge in [0.1, 0.15) is 0 Å². The lowest BCUT2D eigenvalue weighted by molar-refractivity contribution is 0.760. The van der Waals surface area contributed by atoms with Crippen molar-refractivity contribution in [1.29, 1.82) is 0 Å². The fraction of sp³-hybridized carbons (Fsp3) is 0.667. The van der Waals surface area contributed by atoms with Crippen LogP contribution in [0.15, 0.2) is 0 Å². The minimum atomic E-state index is 1.21. The van der Waals surface area contributed by atoms with Crippen LogP contribution in [0.5, 0.6) is 0 Å². The lowest BCUT2D eigenvalue weighted by Crippen LogP contribution is -2.04. The Hall–Kier alpha value is -0.850. The van der Waals surface area contributed by atoms with Crippen LogP contribution in [0, 0.1) is 0 Å². The molecule has 16 heavy (non-hydrogen) atoms. The highest BCUT2D eigenvalue weighted by molar-refractivity contribution is 5.45. The predicted molar refractivity (Wildman–Crippen MR) is 66.9 cm³/mol. The van der Waals surface area contributed by atoms with E-state index in [1.807, 2.05) is 0 Å². The number of pyridine rings is 1. The van der Waals surface area contributed by atoms with Crippen molar-refractivity contribution in [3.05, 3.63) is 28.1 Å². The number of aromatic nitrogens is 1. The molecule has 1 heteroatoms. The number of hydrogen-bond acceptors (Lipinski definition) is 1. The van der Waals surface area contributed by atoms with Crippen LogP contribution in [-0.2, 0) is 32.1 Å². The summed E-state index contributed by atoms with van der Waals surface area (Å²) in [7, 11) is 0. The lowest BCUT2D eigenvalue weighted by atomic mass is 9.99. The maximum Gasteiger partial charge on any atom is 0.0441 e. The van der Waals surface area contributed by atoms with Crippen LogP contribution < -0.4 is 0 Å². The molecule has 0 N–H and O–H groups in total. The van der Waals surface area contributed by atoms with Crippen LogP contribution in [0.25, 0.3) is 0 Å². The zero-order chi connectivity index (χ0) is 11.0. The molecule has 1 aromatic rings. The third-order valence-corrected chi connectivity index (χ3v) is 4.16. The number of fused-ring (bicyclic) bond motifs is 3. The van der Waals surface area contributed by atoms with Gasteiger partial charge in [-0.3, -0.25) is 4.98 Å². The van der Waals surface area contributed by atoms with E-state index < -0.39 is 0 Å². The molecule has 0 atom stereocenters. The molecule has 0 radical (unpaired) electrons. The number of hydrogen-bond donors (Lipinski definition) is 0. The van der Waals surface area contributed by atoms with Gasteiger partial charge in [-0.15, -0.1) is 0 Å². The molecule has 1 aromatic heterocycles. The Morgan fingerprint density at radius 3 is 2.56 bits per heavy atom. The van der Waals surface area contributed by atoms with Crippen LogP contribution in [0.3, 0.4) is 0 Å². The van der Waals surface area contributed by atoms with E-state index in [9.17, 15) is 0 Å². The molecule has 1 heterocycles. The van der Waals surface area contributed by atoms with Crippen molar-refractivity contribution in [1.82, 2.24) is 4.98 Å². The summed E-state index contributed by atoms with van der Waals surface area (Å²) < 4.78 is 0. The number of nitrogens with zero attached hydrogens (tertiary/aromatic N) is 1. The Labute approximate surface area is 98.3 Å². The van der Waals surface area contributed by atoms with Crippen LogP contribution >= 0.6 is 0 Å². The van der Waals surface area contributed by atoms with Crippen molar-refractivity contribution in [2.45, 2.75) is 64.7 Å². The second-order valence-corrected chi connectivity index (χ2v) is 5.25. The third-order valence-electron chi connectivity index (χ3n) is 4.16. The molecule has 0 saturated carbocycles. The first-order chi connectivity index (χ1) is 7.90. The molecule has 0 saturated heterocycles. The third kappa shape index (κ3) is 1.57. The van der Waals surface area contributed by atoms with Crippen LogP contribution in [-0.4, -0.2) is 4.98 Å². The molecule has 0 fully saturated rings. The van der Waals surface area contributed by atoms with Crippen molar-refractivity contribution in [2.24, 2.45) is 0 Å². The van der Waals surface area contributed by atoms with Crippen LogP contribution in [0.2, 0.25) is 0 Å². The number of unbranched alkanes of at least 4 members (excludes halogenated alkanes) is 1. The number of aryl methyl sites for hydroxylation is 2. The van der Waals surface area contributed by atoms with Gasteiger partial charge in [-0.1, -0.05) is 13.3 Å². The first-order valence-corrected chi connectivity index (χ1v) is 6.92. The van der Waals surface area contributed by atoms with Crippen LogP contribution in [0.1, 0.15) is 60.7 Å². The summed E-state index contributed by atoms with van der Waals surface area (Å²) in [6.45, 7) is 2.27. The van der Waals surface area contributed by atoms with Gasteiger partial charge in [0.15, 0.2) is 0 Å². The molecule has 0 spiro atoms. The Morgan fingerprint density at radius 2 is 1.69 bits per heavy atom. The van der Waals surface area contributed by atoms with Gasteiger partial charge in [0.05, 0.1) is 0 Å². The summed E-state index contributed by atoms with van der Waals surface area (Å²) in [5, 5.41) is 0. The molecule has 1 nitrogen and oxygen atoms in total. The van der Waals surface area contributed by atoms with E-state index in [0.29, 0.717) is 0 Å². The van der Waals surface area contributed by atoms with Crippen molar-refractivity contribution >= 4 is 0 Å². The van der Waals surface area contributed by atoms with Gasteiger partial charge in [0.2, 0.25) is 0 Å². The Balaban J connectivity index is 2.02. The molecular weight excluding hydrogens is 194 g/mol. The summed E-state index contributed by atoms with van der Waals surface area (Å²) in [5.41, 5.74) is 7.91. The fourth-order valence-corrected chi connectivity index (χ4v) is 3.35. The molecule has 0 aliphatic heterocycles. The smallest absolute Gasteiger partial charge is 0.0441 e. The lowest BCUT2D eigenvalue weighted by Gasteiger charge is -2.12. The van der Waals surface area contributed by atoms with E-state index in [0.717, 1.165) is 0 Å². The van der Waals surface area contributed by atoms with Gasteiger partial charge in [-0.25, -0.2) is 0 Å². The predicted octanol–water partition coefficient (Wildman–Crippen LogP) is 3.40. The second-order valence-electron chi connectivity index (χ2n) is 5.25. The number of rotatable bonds is 3. The average molecular weight is 215 g/mol. The normalized spacial score (nSPS) is 17.6. The maximum atomic E-state index is 4.96. The summed E-state index contributed by atoms with van der Waals surface area (Å²) in [5.74, 6) is 0. The Bertz CT molecular complexity index is 406. The minimum absolute atomic E-state index is 1.21. The molecule has 2 aliphatic rings. The van der Waals surface area contributed by atoms with Gasteiger partial charge in [-0.2, -0.15) is 0 Å². The minimum Gasteiger partial charge on any atom is -0.257 e. The molecule has 0 amide bonds. The van der Waals surface area contributed by atoms with E-state index >= 15 is 0 Å². The first-order valence-electron chi connectivity index (χ1n) is 6.92. The highest BCUT2D eigenvalue weighted by Gasteiger charge is 2.24. The average Bonchev–Trinajstić information content (AvgIpc) is 2.92. The van der Waals surface area contributed by atoms with E-state index in [1.165, 1.54) is 69.2 Å². The van der Waals surface area contributed by atoms with Gasteiger partial charge in [-0.05, 0) is 68.1 Å². The summed E-state index contributed by atoms with van der Waals surface area (Å²) in [6.07, 6.45) is 11.7. The molecular formula is C15H21N. The molecule has 3 rings (SSSR count). The highest BCUT2D eigenvalue weighted by atomic mass is 14.7. The topological polar surface area (TPSA) is 12.9 Å².